The van der Waals surface area contributed by atoms with Crippen molar-refractivity contribution in [2.24, 2.45) is 0 Å². The van der Waals surface area contributed by atoms with E-state index in [0.717, 1.165) is 18.7 Å². The summed E-state index contributed by atoms with van der Waals surface area (Å²) in [5, 5.41) is 23.4. The van der Waals surface area contributed by atoms with Gasteiger partial charge in [0.2, 0.25) is 5.91 Å². The Morgan fingerprint density at radius 2 is 1.69 bits per heavy atom. The number of urea groups is 1. The van der Waals surface area contributed by atoms with E-state index in [4.69, 9.17) is 0 Å². The molecule has 1 heterocycles. The quantitative estimate of drug-likeness (QED) is 0.391. The Morgan fingerprint density at radius 3 is 2.29 bits per heavy atom. The van der Waals surface area contributed by atoms with Gasteiger partial charge < -0.3 is 25.1 Å². The number of benzene rings is 2. The molecular weight excluding hydrogens is 450 g/mol. The van der Waals surface area contributed by atoms with Gasteiger partial charge in [0.25, 0.3) is 5.69 Å². The summed E-state index contributed by atoms with van der Waals surface area (Å²) in [5.41, 5.74) is 1.75. The molecule has 0 spiro atoms. The maximum Gasteiger partial charge on any atom is 0.318 e. The molecule has 35 heavy (non-hydrogen) atoms. The number of aliphatic hydroxyl groups excluding tert-OH is 1. The van der Waals surface area contributed by atoms with E-state index >= 15 is 0 Å². The number of piperazine rings is 1. The average Bonchev–Trinajstić information content (AvgIpc) is 2.87. The van der Waals surface area contributed by atoms with E-state index in [1.165, 1.54) is 17.0 Å². The standard InChI is InChI=1S/C25H33N5O5/c1-27-13-15-28(16-14-27)24(32)23(19-21-7-9-22(10-8-21)30(34)35)26-25(33)29(17-18-31)12-11-20-5-3-2-4-6-20/h2-10,23,31H,11-19H2,1H3,(H,26,33)/t23-/m0/s1. The maximum atomic E-state index is 13.4. The number of nitro benzene ring substituents is 1. The number of non-ortho nitro benzene ring substituents is 1. The van der Waals surface area contributed by atoms with E-state index in [2.05, 4.69) is 10.2 Å². The Balaban J connectivity index is 1.73. The first-order valence-electron chi connectivity index (χ1n) is 11.8. The van der Waals surface area contributed by atoms with Gasteiger partial charge >= 0.3 is 6.03 Å². The minimum Gasteiger partial charge on any atom is -0.395 e. The topological polar surface area (TPSA) is 119 Å². The highest BCUT2D eigenvalue weighted by Crippen LogP contribution is 2.15. The van der Waals surface area contributed by atoms with Crippen LogP contribution in [-0.4, -0.2) is 95.6 Å². The zero-order chi connectivity index (χ0) is 25.2. The number of carbonyl (C=O) groups is 2. The summed E-state index contributed by atoms with van der Waals surface area (Å²) in [6.45, 7) is 2.97. The molecule has 1 atom stereocenters. The van der Waals surface area contributed by atoms with Gasteiger partial charge in [0, 0.05) is 57.8 Å². The van der Waals surface area contributed by atoms with Gasteiger partial charge in [-0.05, 0) is 24.6 Å². The third-order valence-corrected chi connectivity index (χ3v) is 6.17. The molecule has 2 aromatic rings. The molecular formula is C25H33N5O5. The Hall–Kier alpha value is -3.50. The van der Waals surface area contributed by atoms with E-state index in [-0.39, 0.29) is 31.2 Å². The number of aliphatic hydroxyl groups is 1. The molecule has 0 unspecified atom stereocenters. The smallest absolute Gasteiger partial charge is 0.318 e. The molecule has 2 N–H and O–H groups in total. The van der Waals surface area contributed by atoms with Crippen molar-refractivity contribution in [3.05, 3.63) is 75.8 Å². The van der Waals surface area contributed by atoms with Crippen LogP contribution in [-0.2, 0) is 17.6 Å². The molecule has 0 aliphatic carbocycles. The number of nitrogens with one attached hydrogen (secondary N) is 1. The van der Waals surface area contributed by atoms with Gasteiger partial charge in [0.05, 0.1) is 11.5 Å². The lowest BCUT2D eigenvalue weighted by Gasteiger charge is -2.35. The second-order valence-corrected chi connectivity index (χ2v) is 8.70. The Kier molecular flexibility index (Phi) is 9.56. The number of carbonyl (C=O) groups excluding carboxylic acids is 2. The highest BCUT2D eigenvalue weighted by atomic mass is 16.6. The lowest BCUT2D eigenvalue weighted by Crippen LogP contribution is -2.57. The third kappa shape index (κ3) is 7.76. The van der Waals surface area contributed by atoms with Gasteiger partial charge in [0.15, 0.2) is 0 Å². The fourth-order valence-electron chi connectivity index (χ4n) is 4.02. The van der Waals surface area contributed by atoms with Crippen LogP contribution < -0.4 is 5.32 Å². The average molecular weight is 484 g/mol. The maximum absolute atomic E-state index is 13.4. The van der Waals surface area contributed by atoms with Gasteiger partial charge in [-0.2, -0.15) is 0 Å². The molecule has 0 radical (unpaired) electrons. The highest BCUT2D eigenvalue weighted by molar-refractivity contribution is 5.87. The molecule has 188 valence electrons. The van der Waals surface area contributed by atoms with Crippen LogP contribution >= 0.6 is 0 Å². The van der Waals surface area contributed by atoms with Crippen molar-refractivity contribution >= 4 is 17.6 Å². The Bertz CT molecular complexity index is 978. The summed E-state index contributed by atoms with van der Waals surface area (Å²) in [6.07, 6.45) is 0.828. The second kappa shape index (κ2) is 12.8. The van der Waals surface area contributed by atoms with E-state index in [9.17, 15) is 24.8 Å². The van der Waals surface area contributed by atoms with Crippen LogP contribution in [0.5, 0.6) is 0 Å². The summed E-state index contributed by atoms with van der Waals surface area (Å²) in [6, 6.07) is 14.5. The lowest BCUT2D eigenvalue weighted by molar-refractivity contribution is -0.384. The predicted octanol–water partition coefficient (Wildman–Crippen LogP) is 1.53. The van der Waals surface area contributed by atoms with Gasteiger partial charge in [0.1, 0.15) is 6.04 Å². The van der Waals surface area contributed by atoms with Crippen LogP contribution in [0.25, 0.3) is 0 Å². The Morgan fingerprint density at radius 1 is 1.03 bits per heavy atom. The first kappa shape index (κ1) is 26.1. The highest BCUT2D eigenvalue weighted by Gasteiger charge is 2.29. The zero-order valence-corrected chi connectivity index (χ0v) is 20.0. The van der Waals surface area contributed by atoms with Crippen LogP contribution in [0.3, 0.4) is 0 Å². The molecule has 0 aromatic heterocycles. The molecule has 10 heteroatoms. The summed E-state index contributed by atoms with van der Waals surface area (Å²) < 4.78 is 0. The molecule has 10 nitrogen and oxygen atoms in total. The fourth-order valence-corrected chi connectivity index (χ4v) is 4.02. The number of nitrogens with zero attached hydrogens (tertiary/aromatic N) is 4. The molecule has 1 aliphatic heterocycles. The Labute approximate surface area is 205 Å². The lowest BCUT2D eigenvalue weighted by atomic mass is 10.0. The number of amides is 3. The van der Waals surface area contributed by atoms with Crippen molar-refractivity contribution < 1.29 is 19.6 Å². The van der Waals surface area contributed by atoms with Crippen LogP contribution in [0.2, 0.25) is 0 Å². The normalized spacial score (nSPS) is 14.9. The van der Waals surface area contributed by atoms with Gasteiger partial charge in [-0.25, -0.2) is 4.79 Å². The molecule has 3 rings (SSSR count). The summed E-state index contributed by atoms with van der Waals surface area (Å²) >= 11 is 0. The molecule has 2 aromatic carbocycles. The van der Waals surface area contributed by atoms with E-state index in [0.29, 0.717) is 31.6 Å². The first-order chi connectivity index (χ1) is 16.9. The van der Waals surface area contributed by atoms with Crippen LogP contribution in [0.4, 0.5) is 10.5 Å². The molecule has 3 amide bonds. The minimum absolute atomic E-state index is 0.0326. The first-order valence-corrected chi connectivity index (χ1v) is 11.8. The summed E-state index contributed by atoms with van der Waals surface area (Å²) in [5.74, 6) is -0.184. The van der Waals surface area contributed by atoms with Crippen molar-refractivity contribution in [1.82, 2.24) is 20.0 Å². The number of likely N-dealkylation sites (N-methyl/N-ethyl adjacent to an activating group) is 1. The molecule has 1 aliphatic rings. The predicted molar refractivity (Wildman–Crippen MR) is 132 cm³/mol. The number of nitro groups is 1. The molecule has 0 bridgehead atoms. The largest absolute Gasteiger partial charge is 0.395 e. The number of hydrogen-bond acceptors (Lipinski definition) is 6. The van der Waals surface area contributed by atoms with Gasteiger partial charge in [-0.1, -0.05) is 42.5 Å². The minimum atomic E-state index is -0.828. The summed E-state index contributed by atoms with van der Waals surface area (Å²) in [4.78, 5) is 42.5. The second-order valence-electron chi connectivity index (χ2n) is 8.70. The van der Waals surface area contributed by atoms with Crippen LogP contribution in [0.15, 0.2) is 54.6 Å². The van der Waals surface area contributed by atoms with E-state index in [1.807, 2.05) is 37.4 Å². The SMILES string of the molecule is CN1CCN(C(=O)[C@H](Cc2ccc([N+](=O)[O-])cc2)NC(=O)N(CCO)CCc2ccccc2)CC1. The van der Waals surface area contributed by atoms with Crippen LogP contribution in [0.1, 0.15) is 11.1 Å². The van der Waals surface area contributed by atoms with E-state index in [1.54, 1.807) is 17.0 Å². The van der Waals surface area contributed by atoms with Crippen molar-refractivity contribution in [3.8, 4) is 0 Å². The van der Waals surface area contributed by atoms with E-state index < -0.39 is 17.0 Å². The monoisotopic (exact) mass is 483 g/mol. The van der Waals surface area contributed by atoms with Crippen molar-refractivity contribution in [2.45, 2.75) is 18.9 Å². The summed E-state index contributed by atoms with van der Waals surface area (Å²) in [7, 11) is 2.00. The number of rotatable bonds is 10. The zero-order valence-electron chi connectivity index (χ0n) is 20.0. The van der Waals surface area contributed by atoms with Gasteiger partial charge in [-0.15, -0.1) is 0 Å². The van der Waals surface area contributed by atoms with Crippen molar-refractivity contribution in [3.63, 3.8) is 0 Å². The fraction of sp³-hybridized carbons (Fsp3) is 0.440. The molecule has 1 saturated heterocycles. The van der Waals surface area contributed by atoms with Crippen molar-refractivity contribution in [1.29, 1.82) is 0 Å². The van der Waals surface area contributed by atoms with Gasteiger partial charge in [-0.3, -0.25) is 14.9 Å². The van der Waals surface area contributed by atoms with Crippen LogP contribution in [0, 0.1) is 10.1 Å². The third-order valence-electron chi connectivity index (χ3n) is 6.17. The van der Waals surface area contributed by atoms with Crippen molar-refractivity contribution in [2.75, 3.05) is 52.9 Å². The molecule has 0 saturated carbocycles. The number of hydrogen-bond donors (Lipinski definition) is 2. The molecule has 1 fully saturated rings.